The van der Waals surface area contributed by atoms with Crippen molar-refractivity contribution in [1.29, 1.82) is 0 Å². The smallest absolute Gasteiger partial charge is 0.143 e. The van der Waals surface area contributed by atoms with Gasteiger partial charge in [-0.15, -0.1) is 12.4 Å². The third kappa shape index (κ3) is 2.22. The first-order chi connectivity index (χ1) is 4.75. The van der Waals surface area contributed by atoms with Crippen molar-refractivity contribution < 1.29 is 4.39 Å². The van der Waals surface area contributed by atoms with E-state index in [1.165, 1.54) is 12.1 Å². The zero-order chi connectivity index (χ0) is 7.56. The molecule has 0 saturated carbocycles. The molecule has 1 rings (SSSR count). The highest BCUT2D eigenvalue weighted by Gasteiger charge is 2.01. The van der Waals surface area contributed by atoms with E-state index < -0.39 is 5.82 Å². The second-order valence-electron chi connectivity index (χ2n) is 1.75. The summed E-state index contributed by atoms with van der Waals surface area (Å²) in [6, 6.07) is 4.38. The zero-order valence-corrected chi connectivity index (χ0v) is 7.05. The third-order valence-corrected chi connectivity index (χ3v) is 1.49. The molecule has 62 valence electrons. The van der Waals surface area contributed by atoms with Crippen LogP contribution >= 0.6 is 24.0 Å². The summed E-state index contributed by atoms with van der Waals surface area (Å²) in [5.74, 6) is 4.54. The average Bonchev–Trinajstić information content (AvgIpc) is 1.95. The van der Waals surface area contributed by atoms with E-state index in [9.17, 15) is 4.39 Å². The number of nitrogens with two attached hydrogens (primary N) is 1. The molecule has 0 unspecified atom stereocenters. The first-order valence-electron chi connectivity index (χ1n) is 2.66. The Labute approximate surface area is 74.9 Å². The molecule has 0 aliphatic rings. The van der Waals surface area contributed by atoms with Crippen LogP contribution in [0.25, 0.3) is 0 Å². The van der Waals surface area contributed by atoms with Crippen LogP contribution in [0.5, 0.6) is 0 Å². The molecule has 0 spiro atoms. The molecule has 5 heteroatoms. The van der Waals surface area contributed by atoms with Crippen molar-refractivity contribution in [3.05, 3.63) is 29.0 Å². The summed E-state index contributed by atoms with van der Waals surface area (Å²) < 4.78 is 12.5. The number of halogens is 3. The van der Waals surface area contributed by atoms with Gasteiger partial charge in [0.2, 0.25) is 0 Å². The van der Waals surface area contributed by atoms with Gasteiger partial charge in [0.15, 0.2) is 0 Å². The number of benzene rings is 1. The Balaban J connectivity index is 0.000001000. The summed E-state index contributed by atoms with van der Waals surface area (Å²) in [6.45, 7) is 0. The summed E-state index contributed by atoms with van der Waals surface area (Å²) in [4.78, 5) is 0. The SMILES string of the molecule is Cl.NNc1cccc(F)c1Cl. The van der Waals surface area contributed by atoms with Gasteiger partial charge in [0, 0.05) is 0 Å². The molecule has 0 aliphatic heterocycles. The van der Waals surface area contributed by atoms with Gasteiger partial charge in [-0.05, 0) is 12.1 Å². The van der Waals surface area contributed by atoms with Gasteiger partial charge in [-0.3, -0.25) is 5.84 Å². The van der Waals surface area contributed by atoms with E-state index in [1.807, 2.05) is 0 Å². The van der Waals surface area contributed by atoms with Gasteiger partial charge in [-0.2, -0.15) is 0 Å². The van der Waals surface area contributed by atoms with Crippen LogP contribution in [0.15, 0.2) is 18.2 Å². The molecule has 0 fully saturated rings. The molecule has 3 N–H and O–H groups in total. The molecule has 0 bridgehead atoms. The van der Waals surface area contributed by atoms with E-state index in [0.717, 1.165) is 0 Å². The Morgan fingerprint density at radius 2 is 2.09 bits per heavy atom. The predicted octanol–water partition coefficient (Wildman–Crippen LogP) is 2.19. The van der Waals surface area contributed by atoms with Gasteiger partial charge in [-0.1, -0.05) is 17.7 Å². The minimum absolute atomic E-state index is 0. The number of anilines is 1. The molecule has 2 nitrogen and oxygen atoms in total. The molecule has 0 radical (unpaired) electrons. The van der Waals surface area contributed by atoms with Crippen molar-refractivity contribution in [2.75, 3.05) is 5.43 Å². The van der Waals surface area contributed by atoms with Crippen LogP contribution in [0.2, 0.25) is 5.02 Å². The fourth-order valence-electron chi connectivity index (χ4n) is 0.615. The highest BCUT2D eigenvalue weighted by Crippen LogP contribution is 2.22. The van der Waals surface area contributed by atoms with Gasteiger partial charge >= 0.3 is 0 Å². The highest BCUT2D eigenvalue weighted by molar-refractivity contribution is 6.33. The monoisotopic (exact) mass is 196 g/mol. The molecule has 0 atom stereocenters. The van der Waals surface area contributed by atoms with Crippen molar-refractivity contribution in [3.63, 3.8) is 0 Å². The Bertz CT molecular complexity index is 242. The van der Waals surface area contributed by atoms with Crippen molar-refractivity contribution in [2.45, 2.75) is 0 Å². The van der Waals surface area contributed by atoms with Crippen molar-refractivity contribution in [2.24, 2.45) is 5.84 Å². The highest BCUT2D eigenvalue weighted by atomic mass is 35.5. The van der Waals surface area contributed by atoms with Crippen LogP contribution in [0.1, 0.15) is 0 Å². The predicted molar refractivity (Wildman–Crippen MR) is 46.5 cm³/mol. The summed E-state index contributed by atoms with van der Waals surface area (Å²) in [5.41, 5.74) is 2.65. The minimum atomic E-state index is -0.475. The van der Waals surface area contributed by atoms with Gasteiger partial charge in [-0.25, -0.2) is 4.39 Å². The first kappa shape index (κ1) is 10.5. The number of hydrazine groups is 1. The lowest BCUT2D eigenvalue weighted by Crippen LogP contribution is -2.07. The third-order valence-electron chi connectivity index (χ3n) is 1.11. The molecule has 1 aromatic carbocycles. The van der Waals surface area contributed by atoms with E-state index in [4.69, 9.17) is 17.4 Å². The second-order valence-corrected chi connectivity index (χ2v) is 2.12. The normalized spacial score (nSPS) is 8.64. The number of nitrogen functional groups attached to an aromatic ring is 1. The molecule has 1 aromatic rings. The summed E-state index contributed by atoms with van der Waals surface area (Å²) in [5, 5.41) is 0.0185. The van der Waals surface area contributed by atoms with Crippen molar-refractivity contribution >= 4 is 29.7 Å². The molecule has 0 aromatic heterocycles. The van der Waals surface area contributed by atoms with Crippen LogP contribution in [0.4, 0.5) is 10.1 Å². The lowest BCUT2D eigenvalue weighted by atomic mass is 10.3. The number of hydrogen-bond donors (Lipinski definition) is 2. The second kappa shape index (κ2) is 4.38. The van der Waals surface area contributed by atoms with E-state index in [1.54, 1.807) is 6.07 Å². The summed E-state index contributed by atoms with van der Waals surface area (Å²) >= 11 is 5.48. The molecule has 11 heavy (non-hydrogen) atoms. The van der Waals surface area contributed by atoms with Gasteiger partial charge in [0.05, 0.1) is 5.69 Å². The van der Waals surface area contributed by atoms with Crippen LogP contribution in [-0.4, -0.2) is 0 Å². The molecule has 0 saturated heterocycles. The van der Waals surface area contributed by atoms with Crippen molar-refractivity contribution in [3.8, 4) is 0 Å². The lowest BCUT2D eigenvalue weighted by molar-refractivity contribution is 0.628. The van der Waals surface area contributed by atoms with Crippen LogP contribution in [0.3, 0.4) is 0 Å². The fourth-order valence-corrected chi connectivity index (χ4v) is 0.796. The van der Waals surface area contributed by atoms with Gasteiger partial charge in [0.1, 0.15) is 10.8 Å². The Morgan fingerprint density at radius 3 is 2.55 bits per heavy atom. The Kier molecular flexibility index (Phi) is 4.18. The van der Waals surface area contributed by atoms with Crippen molar-refractivity contribution in [1.82, 2.24) is 0 Å². The topological polar surface area (TPSA) is 38.0 Å². The number of nitrogens with one attached hydrogen (secondary N) is 1. The van der Waals surface area contributed by atoms with E-state index in [0.29, 0.717) is 5.69 Å². The van der Waals surface area contributed by atoms with E-state index in [2.05, 4.69) is 5.43 Å². The first-order valence-corrected chi connectivity index (χ1v) is 3.04. The van der Waals surface area contributed by atoms with Gasteiger partial charge < -0.3 is 5.43 Å². The van der Waals surface area contributed by atoms with E-state index in [-0.39, 0.29) is 17.4 Å². The van der Waals surface area contributed by atoms with Crippen LogP contribution in [-0.2, 0) is 0 Å². The lowest BCUT2D eigenvalue weighted by Gasteiger charge is -2.01. The maximum atomic E-state index is 12.5. The molecule has 0 aliphatic carbocycles. The zero-order valence-electron chi connectivity index (χ0n) is 5.47. The van der Waals surface area contributed by atoms with Crippen LogP contribution < -0.4 is 11.3 Å². The molecular formula is C6H7Cl2FN2. The number of rotatable bonds is 1. The Morgan fingerprint density at radius 1 is 1.45 bits per heavy atom. The standard InChI is InChI=1S/C6H6ClFN2.ClH/c7-6-4(8)2-1-3-5(6)10-9;/h1-3,10H,9H2;1H. The molecule has 0 amide bonds. The quantitative estimate of drug-likeness (QED) is 0.534. The average molecular weight is 197 g/mol. The molecule has 0 heterocycles. The molecular weight excluding hydrogens is 190 g/mol. The maximum absolute atomic E-state index is 12.5. The minimum Gasteiger partial charge on any atom is -0.323 e. The fraction of sp³-hybridized carbons (Fsp3) is 0. The summed E-state index contributed by atoms with van der Waals surface area (Å²) in [6.07, 6.45) is 0. The van der Waals surface area contributed by atoms with Crippen LogP contribution in [0, 0.1) is 5.82 Å². The van der Waals surface area contributed by atoms with E-state index >= 15 is 0 Å². The van der Waals surface area contributed by atoms with Gasteiger partial charge in [0.25, 0.3) is 0 Å². The largest absolute Gasteiger partial charge is 0.323 e. The summed E-state index contributed by atoms with van der Waals surface area (Å²) in [7, 11) is 0. The number of hydrogen-bond acceptors (Lipinski definition) is 2. The maximum Gasteiger partial charge on any atom is 0.143 e. The Hall–Kier alpha value is -0.510.